The minimum absolute atomic E-state index is 0.0306. The van der Waals surface area contributed by atoms with E-state index in [1.165, 1.54) is 0 Å². The SMILES string of the molecule is CCCn1cc(N[C@@H](C)C[C@@H](C)NC(=O)OC(C)(C)C)cn1. The Morgan fingerprint density at radius 2 is 2.05 bits per heavy atom. The second-order valence-electron chi connectivity index (χ2n) is 6.82. The standard InChI is InChI=1S/C16H30N4O2/c1-7-8-20-11-14(10-17-20)18-12(2)9-13(3)19-15(21)22-16(4,5)6/h10-13,18H,7-9H2,1-6H3,(H,19,21)/t12-,13+/m0/s1. The van der Waals surface area contributed by atoms with Gasteiger partial charge in [-0.15, -0.1) is 0 Å². The minimum atomic E-state index is -0.471. The van der Waals surface area contributed by atoms with Crippen molar-refractivity contribution in [1.82, 2.24) is 15.1 Å². The summed E-state index contributed by atoms with van der Waals surface area (Å²) in [7, 11) is 0. The maximum atomic E-state index is 11.7. The van der Waals surface area contributed by atoms with Crippen LogP contribution in [-0.4, -0.2) is 33.6 Å². The van der Waals surface area contributed by atoms with E-state index in [4.69, 9.17) is 4.74 Å². The molecule has 0 aliphatic carbocycles. The van der Waals surface area contributed by atoms with E-state index in [-0.39, 0.29) is 18.2 Å². The molecule has 0 radical (unpaired) electrons. The van der Waals surface area contributed by atoms with Crippen LogP contribution in [0, 0.1) is 0 Å². The number of anilines is 1. The van der Waals surface area contributed by atoms with Crippen molar-refractivity contribution in [3.05, 3.63) is 12.4 Å². The van der Waals surface area contributed by atoms with Gasteiger partial charge in [0.25, 0.3) is 0 Å². The van der Waals surface area contributed by atoms with Crippen molar-refractivity contribution < 1.29 is 9.53 Å². The molecule has 0 aliphatic heterocycles. The number of ether oxygens (including phenoxy) is 1. The summed E-state index contributed by atoms with van der Waals surface area (Å²) in [6, 6.07) is 0.257. The van der Waals surface area contributed by atoms with Crippen LogP contribution < -0.4 is 10.6 Å². The Morgan fingerprint density at radius 1 is 1.36 bits per heavy atom. The fraction of sp³-hybridized carbons (Fsp3) is 0.750. The van der Waals surface area contributed by atoms with E-state index in [9.17, 15) is 4.79 Å². The molecule has 0 aliphatic rings. The summed E-state index contributed by atoms with van der Waals surface area (Å²) in [6.45, 7) is 12.7. The summed E-state index contributed by atoms with van der Waals surface area (Å²) < 4.78 is 7.18. The zero-order valence-corrected chi connectivity index (χ0v) is 14.6. The number of aromatic nitrogens is 2. The molecule has 0 fully saturated rings. The Balaban J connectivity index is 2.36. The largest absolute Gasteiger partial charge is 0.444 e. The van der Waals surface area contributed by atoms with E-state index in [1.54, 1.807) is 0 Å². The fourth-order valence-corrected chi connectivity index (χ4v) is 2.23. The average Bonchev–Trinajstić information content (AvgIpc) is 2.73. The van der Waals surface area contributed by atoms with Crippen molar-refractivity contribution in [1.29, 1.82) is 0 Å². The lowest BCUT2D eigenvalue weighted by molar-refractivity contribution is 0.0506. The van der Waals surface area contributed by atoms with Gasteiger partial charge >= 0.3 is 6.09 Å². The Morgan fingerprint density at radius 3 is 2.64 bits per heavy atom. The number of aryl methyl sites for hydroxylation is 1. The summed E-state index contributed by atoms with van der Waals surface area (Å²) in [6.07, 6.45) is 5.33. The molecular formula is C16H30N4O2. The third-order valence-electron chi connectivity index (χ3n) is 2.97. The molecule has 0 aromatic carbocycles. The molecule has 0 unspecified atom stereocenters. The highest BCUT2D eigenvalue weighted by atomic mass is 16.6. The van der Waals surface area contributed by atoms with Gasteiger partial charge in [0.2, 0.25) is 0 Å². The molecule has 1 rings (SSSR count). The number of hydrogen-bond acceptors (Lipinski definition) is 4. The third-order valence-corrected chi connectivity index (χ3v) is 2.97. The lowest BCUT2D eigenvalue weighted by atomic mass is 10.1. The predicted octanol–water partition coefficient (Wildman–Crippen LogP) is 3.40. The van der Waals surface area contributed by atoms with Gasteiger partial charge in [0.05, 0.1) is 11.9 Å². The molecule has 22 heavy (non-hydrogen) atoms. The maximum Gasteiger partial charge on any atom is 0.407 e. The number of amides is 1. The van der Waals surface area contributed by atoms with Crippen molar-refractivity contribution >= 4 is 11.8 Å². The average molecular weight is 310 g/mol. The highest BCUT2D eigenvalue weighted by Crippen LogP contribution is 2.11. The Labute approximate surface area is 133 Å². The van der Waals surface area contributed by atoms with Crippen LogP contribution in [0.25, 0.3) is 0 Å². The van der Waals surface area contributed by atoms with E-state index >= 15 is 0 Å². The molecule has 1 amide bonds. The van der Waals surface area contributed by atoms with Gasteiger partial charge in [0.1, 0.15) is 5.60 Å². The second-order valence-corrected chi connectivity index (χ2v) is 6.82. The monoisotopic (exact) mass is 310 g/mol. The first-order valence-corrected chi connectivity index (χ1v) is 7.98. The van der Waals surface area contributed by atoms with Gasteiger partial charge in [-0.1, -0.05) is 6.92 Å². The van der Waals surface area contributed by atoms with E-state index in [0.717, 1.165) is 25.1 Å². The summed E-state index contributed by atoms with van der Waals surface area (Å²) in [5.74, 6) is 0. The summed E-state index contributed by atoms with van der Waals surface area (Å²) in [5.41, 5.74) is 0.534. The zero-order chi connectivity index (χ0) is 16.8. The Hall–Kier alpha value is -1.72. The fourth-order valence-electron chi connectivity index (χ4n) is 2.23. The molecule has 2 atom stereocenters. The number of nitrogens with one attached hydrogen (secondary N) is 2. The number of hydrogen-bond donors (Lipinski definition) is 2. The van der Waals surface area contributed by atoms with Crippen molar-refractivity contribution in [2.45, 2.75) is 78.6 Å². The van der Waals surface area contributed by atoms with Crippen molar-refractivity contribution in [3.63, 3.8) is 0 Å². The molecule has 1 aromatic rings. The molecule has 1 heterocycles. The summed E-state index contributed by atoms with van der Waals surface area (Å²) in [5, 5.41) is 10.5. The van der Waals surface area contributed by atoms with E-state index in [0.29, 0.717) is 0 Å². The lowest BCUT2D eigenvalue weighted by Gasteiger charge is -2.23. The molecular weight excluding hydrogens is 280 g/mol. The van der Waals surface area contributed by atoms with Gasteiger partial charge in [-0.25, -0.2) is 4.79 Å². The molecule has 6 nitrogen and oxygen atoms in total. The maximum absolute atomic E-state index is 11.7. The number of nitrogens with zero attached hydrogens (tertiary/aromatic N) is 2. The van der Waals surface area contributed by atoms with Crippen LogP contribution in [0.3, 0.4) is 0 Å². The van der Waals surface area contributed by atoms with Gasteiger partial charge in [0, 0.05) is 24.8 Å². The van der Waals surface area contributed by atoms with Crippen LogP contribution in [0.5, 0.6) is 0 Å². The van der Waals surface area contributed by atoms with Gasteiger partial charge < -0.3 is 15.4 Å². The topological polar surface area (TPSA) is 68.2 Å². The normalized spacial score (nSPS) is 14.3. The highest BCUT2D eigenvalue weighted by Gasteiger charge is 2.18. The van der Waals surface area contributed by atoms with E-state index in [2.05, 4.69) is 29.6 Å². The van der Waals surface area contributed by atoms with Gasteiger partial charge in [-0.3, -0.25) is 4.68 Å². The zero-order valence-electron chi connectivity index (χ0n) is 14.6. The van der Waals surface area contributed by atoms with Crippen LogP contribution in [0.15, 0.2) is 12.4 Å². The van der Waals surface area contributed by atoms with Crippen LogP contribution in [-0.2, 0) is 11.3 Å². The molecule has 0 spiro atoms. The van der Waals surface area contributed by atoms with Gasteiger partial charge in [0.15, 0.2) is 0 Å². The molecule has 2 N–H and O–H groups in total. The molecule has 0 bridgehead atoms. The smallest absolute Gasteiger partial charge is 0.407 e. The van der Waals surface area contributed by atoms with Gasteiger partial charge in [-0.05, 0) is 47.5 Å². The first kappa shape index (κ1) is 18.3. The first-order chi connectivity index (χ1) is 10.2. The number of carbonyl (C=O) groups excluding carboxylic acids is 1. The molecule has 0 saturated carbocycles. The Kier molecular flexibility index (Phi) is 6.71. The lowest BCUT2D eigenvalue weighted by Crippen LogP contribution is -2.39. The first-order valence-electron chi connectivity index (χ1n) is 7.98. The van der Waals surface area contributed by atoms with Crippen LogP contribution in [0.1, 0.15) is 54.4 Å². The van der Waals surface area contributed by atoms with Crippen molar-refractivity contribution in [2.24, 2.45) is 0 Å². The van der Waals surface area contributed by atoms with E-state index in [1.807, 2.05) is 44.8 Å². The van der Waals surface area contributed by atoms with E-state index < -0.39 is 5.60 Å². The van der Waals surface area contributed by atoms with Crippen LogP contribution >= 0.6 is 0 Å². The quantitative estimate of drug-likeness (QED) is 0.810. The number of alkyl carbamates (subject to hydrolysis) is 1. The molecule has 1 aromatic heterocycles. The van der Waals surface area contributed by atoms with Gasteiger partial charge in [-0.2, -0.15) is 5.10 Å². The summed E-state index contributed by atoms with van der Waals surface area (Å²) >= 11 is 0. The minimum Gasteiger partial charge on any atom is -0.444 e. The predicted molar refractivity (Wildman–Crippen MR) is 89.1 cm³/mol. The van der Waals surface area contributed by atoms with Crippen LogP contribution in [0.2, 0.25) is 0 Å². The second kappa shape index (κ2) is 8.06. The molecule has 126 valence electrons. The van der Waals surface area contributed by atoms with Crippen LogP contribution in [0.4, 0.5) is 10.5 Å². The highest BCUT2D eigenvalue weighted by molar-refractivity contribution is 5.68. The molecule has 0 saturated heterocycles. The Bertz CT molecular complexity index is 465. The third kappa shape index (κ3) is 7.33. The number of carbonyl (C=O) groups is 1. The van der Waals surface area contributed by atoms with Crippen molar-refractivity contribution in [2.75, 3.05) is 5.32 Å². The molecule has 6 heteroatoms. The van der Waals surface area contributed by atoms with Crippen molar-refractivity contribution in [3.8, 4) is 0 Å². The summed E-state index contributed by atoms with van der Waals surface area (Å²) in [4.78, 5) is 11.7. The number of rotatable bonds is 7.